The first-order chi connectivity index (χ1) is 14.2. The van der Waals surface area contributed by atoms with Gasteiger partial charge >= 0.3 is 26.2 Å². The van der Waals surface area contributed by atoms with E-state index in [4.69, 9.17) is 10.3 Å². The van der Waals surface area contributed by atoms with E-state index in [0.29, 0.717) is 17.8 Å². The quantitative estimate of drug-likeness (QED) is 0.241. The minimum Gasteiger partial charge on any atom is -0.677 e. The first kappa shape index (κ1) is 32.3. The predicted octanol–water partition coefficient (Wildman–Crippen LogP) is 9.78. The van der Waals surface area contributed by atoms with E-state index in [1.165, 1.54) is 41.8 Å². The van der Waals surface area contributed by atoms with Crippen molar-refractivity contribution >= 4 is 13.8 Å². The number of hydrogen-bond donors (Lipinski definition) is 0. The summed E-state index contributed by atoms with van der Waals surface area (Å²) in [4.78, 5) is 5.18. The summed E-state index contributed by atoms with van der Waals surface area (Å²) in [5.41, 5.74) is 6.33. The van der Waals surface area contributed by atoms with E-state index in [0.717, 1.165) is 11.7 Å². The summed E-state index contributed by atoms with van der Waals surface area (Å²) in [6.07, 6.45) is 6.19. The SMILES string of the molecule is CC(C)c1cccc(C(C)C)c1[N-]C(C[Si](C)(C)C)c1cccc(C2[CH-]CCC2)n1.[CH3-].[CH3-].[Zr+4]. The summed E-state index contributed by atoms with van der Waals surface area (Å²) in [6, 6.07) is 14.6. The van der Waals surface area contributed by atoms with Crippen molar-refractivity contribution in [2.75, 3.05) is 0 Å². The number of hydrogen-bond acceptors (Lipinski definition) is 1. The average molecular weight is 542 g/mol. The zero-order chi connectivity index (χ0) is 21.9. The fourth-order valence-electron chi connectivity index (χ4n) is 4.52. The fraction of sp³-hybridized carbons (Fsp3) is 0.517. The van der Waals surface area contributed by atoms with Crippen LogP contribution in [-0.2, 0) is 26.2 Å². The van der Waals surface area contributed by atoms with Crippen LogP contribution >= 0.6 is 0 Å². The van der Waals surface area contributed by atoms with Crippen LogP contribution in [0.3, 0.4) is 0 Å². The summed E-state index contributed by atoms with van der Waals surface area (Å²) >= 11 is 0. The number of para-hydroxylation sites is 1. The first-order valence-corrected chi connectivity index (χ1v) is 15.5. The van der Waals surface area contributed by atoms with Crippen LogP contribution in [0.1, 0.15) is 93.3 Å². The van der Waals surface area contributed by atoms with Crippen LogP contribution in [0.2, 0.25) is 25.7 Å². The molecule has 1 heterocycles. The van der Waals surface area contributed by atoms with Gasteiger partial charge in [-0.25, -0.2) is 0 Å². The molecular formula is C29H46N2SiZr. The minimum atomic E-state index is -1.34. The fourth-order valence-corrected chi connectivity index (χ4v) is 5.98. The van der Waals surface area contributed by atoms with Gasteiger partial charge in [-0.05, 0) is 24.0 Å². The zero-order valence-electron chi connectivity index (χ0n) is 22.6. The maximum atomic E-state index is 5.49. The molecule has 1 aromatic carbocycles. The van der Waals surface area contributed by atoms with E-state index >= 15 is 0 Å². The van der Waals surface area contributed by atoms with Crippen molar-refractivity contribution in [1.82, 2.24) is 4.98 Å². The maximum Gasteiger partial charge on any atom is 4.00 e. The number of benzene rings is 1. The van der Waals surface area contributed by atoms with Crippen molar-refractivity contribution in [2.24, 2.45) is 0 Å². The molecule has 180 valence electrons. The van der Waals surface area contributed by atoms with Gasteiger partial charge in [0.25, 0.3) is 0 Å². The monoisotopic (exact) mass is 540 g/mol. The van der Waals surface area contributed by atoms with Gasteiger partial charge in [-0.15, -0.1) is 11.6 Å². The third-order valence-electron chi connectivity index (χ3n) is 6.12. The first-order valence-electron chi connectivity index (χ1n) is 11.8. The van der Waals surface area contributed by atoms with Crippen molar-refractivity contribution in [3.05, 3.63) is 85.5 Å². The maximum absolute atomic E-state index is 5.49. The molecule has 1 fully saturated rings. The van der Waals surface area contributed by atoms with E-state index in [9.17, 15) is 0 Å². The van der Waals surface area contributed by atoms with Gasteiger partial charge < -0.3 is 26.6 Å². The molecule has 1 aliphatic rings. The van der Waals surface area contributed by atoms with E-state index in [2.05, 4.69) is 90.2 Å². The smallest absolute Gasteiger partial charge is 0.677 e. The second kappa shape index (κ2) is 14.0. The Bertz CT molecular complexity index is 810. The Morgan fingerprint density at radius 3 is 2.03 bits per heavy atom. The Labute approximate surface area is 225 Å². The molecule has 2 aromatic rings. The van der Waals surface area contributed by atoms with E-state index < -0.39 is 8.07 Å². The van der Waals surface area contributed by atoms with Gasteiger partial charge in [-0.2, -0.15) is 6.42 Å². The molecule has 1 saturated carbocycles. The van der Waals surface area contributed by atoms with E-state index in [1.807, 2.05) is 0 Å². The van der Waals surface area contributed by atoms with Gasteiger partial charge in [0, 0.05) is 19.5 Å². The number of aromatic nitrogens is 1. The molecule has 0 aliphatic heterocycles. The normalized spacial score (nSPS) is 16.6. The van der Waals surface area contributed by atoms with Crippen LogP contribution in [0, 0.1) is 21.3 Å². The van der Waals surface area contributed by atoms with E-state index in [1.54, 1.807) is 0 Å². The van der Waals surface area contributed by atoms with Gasteiger partial charge in [0.2, 0.25) is 0 Å². The second-order valence-electron chi connectivity index (χ2n) is 10.8. The van der Waals surface area contributed by atoms with Crippen LogP contribution in [0.15, 0.2) is 36.4 Å². The predicted molar refractivity (Wildman–Crippen MR) is 146 cm³/mol. The molecule has 0 saturated heterocycles. The van der Waals surface area contributed by atoms with Crippen molar-refractivity contribution in [3.63, 3.8) is 0 Å². The number of nitrogens with zero attached hydrogens (tertiary/aromatic N) is 2. The molecule has 2 unspecified atom stereocenters. The Morgan fingerprint density at radius 2 is 1.55 bits per heavy atom. The van der Waals surface area contributed by atoms with Crippen molar-refractivity contribution in [2.45, 2.75) is 96.4 Å². The molecule has 1 aliphatic carbocycles. The zero-order valence-corrected chi connectivity index (χ0v) is 26.0. The van der Waals surface area contributed by atoms with Gasteiger partial charge in [0.05, 0.1) is 0 Å². The third-order valence-corrected chi connectivity index (χ3v) is 7.73. The minimum absolute atomic E-state index is 0. The third kappa shape index (κ3) is 8.77. The van der Waals surface area contributed by atoms with Gasteiger partial charge in [-0.3, -0.25) is 4.98 Å². The van der Waals surface area contributed by atoms with Crippen molar-refractivity contribution in [1.29, 1.82) is 0 Å². The number of rotatable bonds is 8. The van der Waals surface area contributed by atoms with Crippen molar-refractivity contribution in [3.8, 4) is 0 Å². The summed E-state index contributed by atoms with van der Waals surface area (Å²) in [5.74, 6) is 1.44. The summed E-state index contributed by atoms with van der Waals surface area (Å²) in [6.45, 7) is 16.5. The molecule has 33 heavy (non-hydrogen) atoms. The molecule has 0 bridgehead atoms. The van der Waals surface area contributed by atoms with Gasteiger partial charge in [0.1, 0.15) is 0 Å². The van der Waals surface area contributed by atoms with Gasteiger partial charge in [-0.1, -0.05) is 108 Å². The summed E-state index contributed by atoms with van der Waals surface area (Å²) in [5, 5.41) is 5.49. The molecule has 4 heteroatoms. The van der Waals surface area contributed by atoms with Crippen molar-refractivity contribution < 1.29 is 26.2 Å². The van der Waals surface area contributed by atoms with Gasteiger partial charge in [0.15, 0.2) is 0 Å². The standard InChI is InChI=1S/C27H40N2Si.2CH3.Zr/c1-19(2)22-14-10-15-23(20(3)4)27(22)29-26(18-30(5,6)7)25-17-11-16-24(28-25)21-12-8-9-13-21;;;/h10-12,14-17,19-21,26H,8-9,13,18H2,1-7H3;2*1H3;/q-2;2*-1;+4. The molecule has 3 rings (SSSR count). The Morgan fingerprint density at radius 1 is 0.970 bits per heavy atom. The Hall–Kier alpha value is -0.730. The molecule has 1 aromatic heterocycles. The molecule has 0 N–H and O–H groups in total. The van der Waals surface area contributed by atoms with Crippen LogP contribution in [0.25, 0.3) is 5.32 Å². The molecule has 0 amide bonds. The molecule has 2 atom stereocenters. The summed E-state index contributed by atoms with van der Waals surface area (Å²) < 4.78 is 0. The average Bonchev–Trinajstić information content (AvgIpc) is 3.21. The largest absolute Gasteiger partial charge is 4.00 e. The summed E-state index contributed by atoms with van der Waals surface area (Å²) in [7, 11) is -1.34. The molecule has 0 radical (unpaired) electrons. The van der Waals surface area contributed by atoms with Crippen LogP contribution < -0.4 is 0 Å². The Balaban J connectivity index is 0.00000341. The Kier molecular flexibility index (Phi) is 13.7. The second-order valence-corrected chi connectivity index (χ2v) is 16.3. The number of pyridine rings is 1. The van der Waals surface area contributed by atoms with Crippen LogP contribution in [0.5, 0.6) is 0 Å². The molecular weight excluding hydrogens is 496 g/mol. The molecule has 2 nitrogen and oxygen atoms in total. The topological polar surface area (TPSA) is 27.0 Å². The van der Waals surface area contributed by atoms with Crippen LogP contribution in [0.4, 0.5) is 5.69 Å². The molecule has 0 spiro atoms. The van der Waals surface area contributed by atoms with E-state index in [-0.39, 0.29) is 47.1 Å². The van der Waals surface area contributed by atoms with Crippen LogP contribution in [-0.4, -0.2) is 13.1 Å².